The molecule has 2 aromatic heterocycles. The summed E-state index contributed by atoms with van der Waals surface area (Å²) in [5, 5.41) is 0.474. The molecule has 4 aromatic rings. The van der Waals surface area contributed by atoms with Crippen molar-refractivity contribution in [3.05, 3.63) is 74.6 Å². The first-order chi connectivity index (χ1) is 18.1. The van der Waals surface area contributed by atoms with Crippen LogP contribution in [0.5, 0.6) is 5.75 Å². The zero-order chi connectivity index (χ0) is 28.9. The number of nitrogens with zero attached hydrogens (tertiary/aromatic N) is 4. The molecular weight excluding hydrogens is 561 g/mol. The number of halogens is 3. The fourth-order valence-corrected chi connectivity index (χ4v) is 4.96. The highest BCUT2D eigenvalue weighted by molar-refractivity contribution is 7.88. The molecule has 0 atom stereocenters. The van der Waals surface area contributed by atoms with E-state index < -0.39 is 45.7 Å². The van der Waals surface area contributed by atoms with Crippen molar-refractivity contribution in [3.63, 3.8) is 0 Å². The van der Waals surface area contributed by atoms with Gasteiger partial charge in [0.2, 0.25) is 10.0 Å². The number of carbonyl (C=O) groups is 1. The van der Waals surface area contributed by atoms with Crippen LogP contribution in [0.4, 0.5) is 13.2 Å². The van der Waals surface area contributed by atoms with E-state index in [0.29, 0.717) is 40.8 Å². The van der Waals surface area contributed by atoms with Crippen LogP contribution in [0, 0.1) is 6.92 Å². The Labute approximate surface area is 223 Å². The summed E-state index contributed by atoms with van der Waals surface area (Å²) in [4.78, 5) is 37.7. The quantitative estimate of drug-likeness (QED) is 0.343. The van der Waals surface area contributed by atoms with E-state index in [0.717, 1.165) is 37.4 Å². The summed E-state index contributed by atoms with van der Waals surface area (Å²) in [5.41, 5.74) is -2.04. The molecule has 0 saturated carbocycles. The van der Waals surface area contributed by atoms with Gasteiger partial charge in [-0.15, -0.1) is 0 Å². The molecule has 0 spiro atoms. The maximum atomic E-state index is 13.3. The average molecular weight is 583 g/mol. The minimum absolute atomic E-state index is 0.0309. The van der Waals surface area contributed by atoms with E-state index in [-0.39, 0.29) is 11.4 Å². The first-order valence-corrected chi connectivity index (χ1v) is 13.7. The first-order valence-electron chi connectivity index (χ1n) is 11.1. The van der Waals surface area contributed by atoms with E-state index in [1.165, 1.54) is 12.1 Å². The van der Waals surface area contributed by atoms with Gasteiger partial charge in [-0.25, -0.2) is 22.1 Å². The van der Waals surface area contributed by atoms with Crippen molar-refractivity contribution in [3.8, 4) is 22.7 Å². The Bertz CT molecular complexity index is 1840. The Morgan fingerprint density at radius 3 is 2.46 bits per heavy atom. The van der Waals surface area contributed by atoms with Gasteiger partial charge >= 0.3 is 11.9 Å². The van der Waals surface area contributed by atoms with Crippen LogP contribution in [-0.2, 0) is 28.0 Å². The highest BCUT2D eigenvalue weighted by atomic mass is 32.2. The molecule has 4 rings (SSSR count). The number of sulfonamides is 1. The molecule has 0 aliphatic heterocycles. The number of likely N-dealkylation sites (N-methyl/N-ethyl adjacent to an activating group) is 1. The van der Waals surface area contributed by atoms with Crippen molar-refractivity contribution in [2.75, 3.05) is 19.9 Å². The number of alkyl halides is 3. The lowest BCUT2D eigenvalue weighted by atomic mass is 10.0. The van der Waals surface area contributed by atoms with Crippen LogP contribution in [-0.4, -0.2) is 52.0 Å². The van der Waals surface area contributed by atoms with Gasteiger partial charge in [0.05, 0.1) is 22.3 Å². The largest absolute Gasteiger partial charge is 0.483 e. The fraction of sp³-hybridized carbons (Fsp3) is 0.250. The van der Waals surface area contributed by atoms with Gasteiger partial charge in [-0.3, -0.25) is 14.2 Å². The van der Waals surface area contributed by atoms with Gasteiger partial charge in [-0.05, 0) is 48.8 Å². The SMILES string of the molecule is Cc1ccc(OCC(=O)N(C)S(C)(=O)=O)c(-c2nsc3ccc(-n4c(=O)cc(C(F)(F)F)n(C)c4=O)cc23)c1. The molecule has 0 unspecified atom stereocenters. The number of hydrogen-bond acceptors (Lipinski definition) is 8. The Hall–Kier alpha value is -3.98. The summed E-state index contributed by atoms with van der Waals surface area (Å²) >= 11 is 1.10. The summed E-state index contributed by atoms with van der Waals surface area (Å²) in [6.45, 7) is 1.23. The van der Waals surface area contributed by atoms with Gasteiger partial charge in [-0.1, -0.05) is 11.6 Å². The molecule has 206 valence electrons. The number of rotatable bonds is 6. The van der Waals surface area contributed by atoms with Crippen molar-refractivity contribution < 1.29 is 31.1 Å². The zero-order valence-electron chi connectivity index (χ0n) is 20.9. The Balaban J connectivity index is 1.81. The molecule has 0 N–H and O–H groups in total. The molecule has 0 fully saturated rings. The lowest BCUT2D eigenvalue weighted by Gasteiger charge is -2.16. The van der Waals surface area contributed by atoms with E-state index in [1.54, 1.807) is 31.2 Å². The van der Waals surface area contributed by atoms with Crippen LogP contribution in [0.3, 0.4) is 0 Å². The predicted octanol–water partition coefficient (Wildman–Crippen LogP) is 2.94. The minimum atomic E-state index is -4.89. The topological polar surface area (TPSA) is 121 Å². The smallest absolute Gasteiger partial charge is 0.431 e. The van der Waals surface area contributed by atoms with Gasteiger partial charge in [0.15, 0.2) is 6.61 Å². The van der Waals surface area contributed by atoms with E-state index in [4.69, 9.17) is 4.74 Å². The third-order valence-corrected chi connectivity index (χ3v) is 7.94. The highest BCUT2D eigenvalue weighted by Crippen LogP contribution is 2.37. The molecule has 0 saturated heterocycles. The third kappa shape index (κ3) is 5.45. The van der Waals surface area contributed by atoms with Gasteiger partial charge < -0.3 is 4.74 Å². The molecule has 1 amide bonds. The molecule has 0 aliphatic carbocycles. The minimum Gasteiger partial charge on any atom is -0.483 e. The maximum absolute atomic E-state index is 13.3. The number of benzene rings is 2. The molecule has 2 aromatic carbocycles. The Morgan fingerprint density at radius 1 is 1.13 bits per heavy atom. The summed E-state index contributed by atoms with van der Waals surface area (Å²) in [6.07, 6.45) is -4.00. The monoisotopic (exact) mass is 582 g/mol. The molecular formula is C24H21F3N4O6S2. The number of hydrogen-bond donors (Lipinski definition) is 0. The van der Waals surface area contributed by atoms with E-state index in [9.17, 15) is 36.0 Å². The second kappa shape index (κ2) is 9.96. The lowest BCUT2D eigenvalue weighted by molar-refractivity contribution is -0.144. The second-order valence-electron chi connectivity index (χ2n) is 8.67. The van der Waals surface area contributed by atoms with Gasteiger partial charge in [0.1, 0.15) is 11.4 Å². The van der Waals surface area contributed by atoms with Crippen LogP contribution < -0.4 is 16.0 Å². The van der Waals surface area contributed by atoms with Crippen LogP contribution in [0.1, 0.15) is 11.3 Å². The van der Waals surface area contributed by atoms with Gasteiger partial charge in [-0.2, -0.15) is 17.5 Å². The first kappa shape index (κ1) is 28.0. The zero-order valence-corrected chi connectivity index (χ0v) is 22.6. The van der Waals surface area contributed by atoms with Crippen molar-refractivity contribution in [1.29, 1.82) is 0 Å². The molecule has 10 nitrogen and oxygen atoms in total. The van der Waals surface area contributed by atoms with Gasteiger partial charge in [0.25, 0.3) is 11.5 Å². The predicted molar refractivity (Wildman–Crippen MR) is 139 cm³/mol. The molecule has 0 radical (unpaired) electrons. The number of carbonyl (C=O) groups excluding carboxylic acids is 1. The van der Waals surface area contributed by atoms with Crippen LogP contribution in [0.2, 0.25) is 0 Å². The van der Waals surface area contributed by atoms with Crippen LogP contribution >= 0.6 is 11.5 Å². The molecule has 0 aliphatic rings. The molecule has 39 heavy (non-hydrogen) atoms. The fourth-order valence-electron chi connectivity index (χ4n) is 3.77. The third-order valence-electron chi connectivity index (χ3n) is 5.91. The van der Waals surface area contributed by atoms with Crippen LogP contribution in [0.15, 0.2) is 52.1 Å². The summed E-state index contributed by atoms with van der Waals surface area (Å²) in [7, 11) is -1.73. The normalized spacial score (nSPS) is 12.1. The number of aromatic nitrogens is 3. The number of amides is 1. The number of ether oxygens (including phenoxy) is 1. The molecule has 0 bridgehead atoms. The van der Waals surface area contributed by atoms with Gasteiger partial charge in [0, 0.05) is 31.1 Å². The standard InChI is InChI=1S/C24H21F3N4O6S2/c1-13-5-7-17(37-12-21(33)30(3)39(4,35)36)15(9-13)22-16-10-14(6-8-18(16)38-28-22)31-20(32)11-19(24(25,26)27)29(2)23(31)34/h5-11H,12H2,1-4H3. The van der Waals surface area contributed by atoms with E-state index in [2.05, 4.69) is 4.37 Å². The van der Waals surface area contributed by atoms with E-state index in [1.807, 2.05) is 0 Å². The van der Waals surface area contributed by atoms with Crippen molar-refractivity contribution in [2.45, 2.75) is 13.1 Å². The number of fused-ring (bicyclic) bond motifs is 1. The molecule has 2 heterocycles. The summed E-state index contributed by atoms with van der Waals surface area (Å²) in [5.74, 6) is -0.581. The maximum Gasteiger partial charge on any atom is 0.431 e. The van der Waals surface area contributed by atoms with Crippen molar-refractivity contribution >= 4 is 37.5 Å². The van der Waals surface area contributed by atoms with Crippen LogP contribution in [0.25, 0.3) is 27.0 Å². The average Bonchev–Trinajstić information content (AvgIpc) is 3.26. The summed E-state index contributed by atoms with van der Waals surface area (Å²) < 4.78 is 75.4. The van der Waals surface area contributed by atoms with Crippen molar-refractivity contribution in [1.82, 2.24) is 17.8 Å². The second-order valence-corrected chi connectivity index (χ2v) is 11.5. The lowest BCUT2D eigenvalue weighted by Crippen LogP contribution is -2.40. The summed E-state index contributed by atoms with van der Waals surface area (Å²) in [6, 6.07) is 9.85. The molecule has 15 heteroatoms. The van der Waals surface area contributed by atoms with E-state index >= 15 is 0 Å². The Kier molecular flexibility index (Phi) is 7.16. The van der Waals surface area contributed by atoms with Crippen molar-refractivity contribution in [2.24, 2.45) is 7.05 Å². The highest BCUT2D eigenvalue weighted by Gasteiger charge is 2.35. The Morgan fingerprint density at radius 2 is 1.82 bits per heavy atom. The number of aryl methyl sites for hydroxylation is 1.